The number of benzene rings is 2. The molecule has 21 heavy (non-hydrogen) atoms. The topological polar surface area (TPSA) is 29.1 Å². The summed E-state index contributed by atoms with van der Waals surface area (Å²) < 4.78 is 26.1. The molecular weight excluding hydrogens is 272 g/mol. The second kappa shape index (κ2) is 6.97. The summed E-state index contributed by atoms with van der Waals surface area (Å²) in [6.07, 6.45) is 0.787. The van der Waals surface area contributed by atoms with Crippen molar-refractivity contribution in [3.63, 3.8) is 0 Å². The summed E-state index contributed by atoms with van der Waals surface area (Å²) in [7, 11) is 0. The van der Waals surface area contributed by atoms with E-state index in [1.54, 1.807) is 31.2 Å². The van der Waals surface area contributed by atoms with Gasteiger partial charge in [0.1, 0.15) is 11.6 Å². The Bertz CT molecular complexity index is 640. The lowest BCUT2D eigenvalue weighted by Crippen LogP contribution is -2.23. The van der Waals surface area contributed by atoms with E-state index in [-0.39, 0.29) is 17.5 Å². The number of halogens is 2. The van der Waals surface area contributed by atoms with Gasteiger partial charge in [-0.3, -0.25) is 4.79 Å². The summed E-state index contributed by atoms with van der Waals surface area (Å²) in [5.74, 6) is -0.660. The molecule has 1 N–H and O–H groups in total. The number of rotatable bonds is 5. The highest BCUT2D eigenvalue weighted by molar-refractivity contribution is 5.76. The molecule has 0 saturated heterocycles. The maximum absolute atomic E-state index is 13.1. The van der Waals surface area contributed by atoms with Crippen LogP contribution < -0.4 is 5.32 Å². The molecule has 2 nitrogen and oxygen atoms in total. The molecule has 4 heteroatoms. The first-order valence-corrected chi connectivity index (χ1v) is 6.81. The first-order chi connectivity index (χ1) is 10.0. The van der Waals surface area contributed by atoms with Crippen molar-refractivity contribution >= 4 is 5.91 Å². The predicted octanol–water partition coefficient (Wildman–Crippen LogP) is 3.52. The van der Waals surface area contributed by atoms with E-state index >= 15 is 0 Å². The predicted molar refractivity (Wildman–Crippen MR) is 77.7 cm³/mol. The Morgan fingerprint density at radius 1 is 1.10 bits per heavy atom. The van der Waals surface area contributed by atoms with Crippen LogP contribution >= 0.6 is 0 Å². The lowest BCUT2D eigenvalue weighted by molar-refractivity contribution is -0.121. The monoisotopic (exact) mass is 289 g/mol. The lowest BCUT2D eigenvalue weighted by Gasteiger charge is -2.07. The molecule has 0 fully saturated rings. The molecule has 0 radical (unpaired) electrons. The van der Waals surface area contributed by atoms with E-state index < -0.39 is 0 Å². The van der Waals surface area contributed by atoms with Crippen molar-refractivity contribution < 1.29 is 13.6 Å². The molecular formula is C17H17F2NO. The van der Waals surface area contributed by atoms with Gasteiger partial charge >= 0.3 is 0 Å². The van der Waals surface area contributed by atoms with Gasteiger partial charge in [0.05, 0.1) is 0 Å². The summed E-state index contributed by atoms with van der Waals surface area (Å²) >= 11 is 0. The molecule has 2 rings (SSSR count). The number of hydrogen-bond acceptors (Lipinski definition) is 1. The van der Waals surface area contributed by atoms with E-state index in [1.807, 2.05) is 0 Å². The summed E-state index contributed by atoms with van der Waals surface area (Å²) in [5.41, 5.74) is 2.21. The molecule has 0 aromatic heterocycles. The van der Waals surface area contributed by atoms with Gasteiger partial charge in [-0.15, -0.1) is 0 Å². The number of carbonyl (C=O) groups is 1. The molecule has 0 aliphatic carbocycles. The van der Waals surface area contributed by atoms with Crippen LogP contribution in [0, 0.1) is 18.6 Å². The quantitative estimate of drug-likeness (QED) is 0.896. The Hall–Kier alpha value is -2.23. The van der Waals surface area contributed by atoms with Crippen LogP contribution in [0.25, 0.3) is 0 Å². The second-order valence-electron chi connectivity index (χ2n) is 4.99. The Kier molecular flexibility index (Phi) is 5.04. The van der Waals surface area contributed by atoms with Gasteiger partial charge in [-0.25, -0.2) is 8.78 Å². The van der Waals surface area contributed by atoms with Crippen LogP contribution in [0.1, 0.15) is 23.1 Å². The number of hydrogen-bond donors (Lipinski definition) is 1. The van der Waals surface area contributed by atoms with E-state index in [9.17, 15) is 13.6 Å². The van der Waals surface area contributed by atoms with Gasteiger partial charge in [-0.05, 0) is 48.2 Å². The third-order valence-corrected chi connectivity index (χ3v) is 3.24. The molecule has 110 valence electrons. The largest absolute Gasteiger partial charge is 0.352 e. The normalized spacial score (nSPS) is 10.4. The number of aryl methyl sites for hydroxylation is 2. The highest BCUT2D eigenvalue weighted by Crippen LogP contribution is 2.09. The van der Waals surface area contributed by atoms with Crippen molar-refractivity contribution in [1.82, 2.24) is 5.32 Å². The van der Waals surface area contributed by atoms with Crippen molar-refractivity contribution in [2.75, 3.05) is 0 Å². The Labute approximate surface area is 122 Å². The molecule has 0 spiro atoms. The maximum atomic E-state index is 13.1. The first kappa shape index (κ1) is 15.2. The average molecular weight is 289 g/mol. The molecule has 0 heterocycles. The number of carbonyl (C=O) groups excluding carboxylic acids is 1. The summed E-state index contributed by atoms with van der Waals surface area (Å²) in [5, 5.41) is 2.78. The summed E-state index contributed by atoms with van der Waals surface area (Å²) in [4.78, 5) is 11.7. The van der Waals surface area contributed by atoms with E-state index in [1.165, 1.54) is 18.2 Å². The highest BCUT2D eigenvalue weighted by Gasteiger charge is 2.04. The fourth-order valence-electron chi connectivity index (χ4n) is 2.06. The van der Waals surface area contributed by atoms with Gasteiger partial charge in [-0.1, -0.05) is 24.3 Å². The molecule has 0 atom stereocenters. The van der Waals surface area contributed by atoms with Crippen LogP contribution in [0.5, 0.6) is 0 Å². The molecule has 0 unspecified atom stereocenters. The van der Waals surface area contributed by atoms with Gasteiger partial charge in [0, 0.05) is 13.0 Å². The fraction of sp³-hybridized carbons (Fsp3) is 0.235. The molecule has 2 aromatic rings. The van der Waals surface area contributed by atoms with Crippen LogP contribution in [-0.2, 0) is 17.8 Å². The van der Waals surface area contributed by atoms with Crippen molar-refractivity contribution in [3.8, 4) is 0 Å². The molecule has 0 saturated carbocycles. The zero-order chi connectivity index (χ0) is 15.2. The SMILES string of the molecule is Cc1cc(CNC(=O)CCc2cccc(F)c2)ccc1F. The van der Waals surface area contributed by atoms with Crippen LogP contribution in [0.15, 0.2) is 42.5 Å². The number of amides is 1. The Morgan fingerprint density at radius 3 is 2.62 bits per heavy atom. The highest BCUT2D eigenvalue weighted by atomic mass is 19.1. The van der Waals surface area contributed by atoms with Crippen molar-refractivity contribution in [3.05, 3.63) is 70.8 Å². The van der Waals surface area contributed by atoms with Gasteiger partial charge in [-0.2, -0.15) is 0 Å². The van der Waals surface area contributed by atoms with Crippen molar-refractivity contribution in [2.45, 2.75) is 26.3 Å². The van der Waals surface area contributed by atoms with Gasteiger partial charge in [0.2, 0.25) is 5.91 Å². The third kappa shape index (κ3) is 4.67. The van der Waals surface area contributed by atoms with E-state index in [0.717, 1.165) is 11.1 Å². The molecule has 0 aliphatic heterocycles. The minimum atomic E-state index is -0.297. The molecule has 0 aliphatic rings. The smallest absolute Gasteiger partial charge is 0.220 e. The second-order valence-corrected chi connectivity index (χ2v) is 4.99. The molecule has 1 amide bonds. The molecule has 2 aromatic carbocycles. The van der Waals surface area contributed by atoms with E-state index in [2.05, 4.69) is 5.32 Å². The van der Waals surface area contributed by atoms with Crippen molar-refractivity contribution in [2.24, 2.45) is 0 Å². The standard InChI is InChI=1S/C17H17F2NO/c1-12-9-14(5-7-16(12)19)11-20-17(21)8-6-13-3-2-4-15(18)10-13/h2-5,7,9-10H,6,8,11H2,1H3,(H,20,21). The fourth-order valence-corrected chi connectivity index (χ4v) is 2.06. The van der Waals surface area contributed by atoms with Crippen LogP contribution in [0.4, 0.5) is 8.78 Å². The third-order valence-electron chi connectivity index (χ3n) is 3.24. The van der Waals surface area contributed by atoms with Gasteiger partial charge < -0.3 is 5.32 Å². The zero-order valence-corrected chi connectivity index (χ0v) is 11.8. The summed E-state index contributed by atoms with van der Waals surface area (Å²) in [6, 6.07) is 11.0. The Morgan fingerprint density at radius 2 is 1.90 bits per heavy atom. The molecule has 0 bridgehead atoms. The van der Waals surface area contributed by atoms with Crippen molar-refractivity contribution in [1.29, 1.82) is 0 Å². The average Bonchev–Trinajstić information content (AvgIpc) is 2.46. The maximum Gasteiger partial charge on any atom is 0.220 e. The Balaban J connectivity index is 1.80. The number of nitrogens with one attached hydrogen (secondary N) is 1. The summed E-state index contributed by atoms with van der Waals surface area (Å²) in [6.45, 7) is 2.05. The zero-order valence-electron chi connectivity index (χ0n) is 11.8. The van der Waals surface area contributed by atoms with Gasteiger partial charge in [0.25, 0.3) is 0 Å². The van der Waals surface area contributed by atoms with E-state index in [4.69, 9.17) is 0 Å². The minimum Gasteiger partial charge on any atom is -0.352 e. The van der Waals surface area contributed by atoms with Gasteiger partial charge in [0.15, 0.2) is 0 Å². The van der Waals surface area contributed by atoms with E-state index in [0.29, 0.717) is 24.9 Å². The minimum absolute atomic E-state index is 0.110. The van der Waals surface area contributed by atoms with Crippen LogP contribution in [0.3, 0.4) is 0 Å². The van der Waals surface area contributed by atoms with Crippen LogP contribution in [-0.4, -0.2) is 5.91 Å². The first-order valence-electron chi connectivity index (χ1n) is 6.81. The lowest BCUT2D eigenvalue weighted by atomic mass is 10.1. The van der Waals surface area contributed by atoms with Crippen LogP contribution in [0.2, 0.25) is 0 Å².